The predicted molar refractivity (Wildman–Crippen MR) is 130 cm³/mol. The molecule has 3 aromatic rings. The van der Waals surface area contributed by atoms with Crippen LogP contribution in [0, 0.1) is 11.3 Å². The Morgan fingerprint density at radius 1 is 1.17 bits per heavy atom. The van der Waals surface area contributed by atoms with Gasteiger partial charge in [-0.15, -0.1) is 0 Å². The Bertz CT molecular complexity index is 1190. The maximum atomic E-state index is 12.6. The van der Waals surface area contributed by atoms with Crippen molar-refractivity contribution in [1.82, 2.24) is 10.3 Å². The molecule has 0 aliphatic heterocycles. The molecule has 2 atom stereocenters. The summed E-state index contributed by atoms with van der Waals surface area (Å²) in [7, 11) is 1.53. The summed E-state index contributed by atoms with van der Waals surface area (Å²) in [4.78, 5) is 28.6. The van der Waals surface area contributed by atoms with Crippen LogP contribution in [-0.4, -0.2) is 30.3 Å². The molecule has 3 amide bonds. The standard InChI is InChI=1S/C25H27N5O5/c1-4-20(10-11-26)35-25(32)28-16(2)17-6-5-7-18(12-17)29-24(31)30-19-8-9-21(22(13-19)33-3)23-14-27-15-34-23/h5-9,12-16,20H,4,10H2,1-3H3,(H,28,32)(H2,29,30,31)/t16-,20+/m0/s1. The quantitative estimate of drug-likeness (QED) is 0.371. The molecule has 1 heterocycles. The molecular formula is C25H27N5O5. The minimum Gasteiger partial charge on any atom is -0.496 e. The third-order valence-corrected chi connectivity index (χ3v) is 5.18. The summed E-state index contributed by atoms with van der Waals surface area (Å²) >= 11 is 0. The zero-order valence-electron chi connectivity index (χ0n) is 19.7. The molecule has 3 N–H and O–H groups in total. The number of oxazole rings is 1. The van der Waals surface area contributed by atoms with Gasteiger partial charge >= 0.3 is 12.1 Å². The SMILES string of the molecule is CC[C@H](CC#N)OC(=O)N[C@@H](C)c1cccc(NC(=O)Nc2ccc(-c3cnco3)c(OC)c2)c1. The normalized spacial score (nSPS) is 12.1. The van der Waals surface area contributed by atoms with Crippen molar-refractivity contribution in [3.8, 4) is 23.1 Å². The van der Waals surface area contributed by atoms with Crippen LogP contribution in [0.15, 0.2) is 59.5 Å². The molecule has 35 heavy (non-hydrogen) atoms. The van der Waals surface area contributed by atoms with Crippen LogP contribution in [0.25, 0.3) is 11.3 Å². The lowest BCUT2D eigenvalue weighted by Gasteiger charge is -2.18. The number of nitrogens with zero attached hydrogens (tertiary/aromatic N) is 2. The van der Waals surface area contributed by atoms with Gasteiger partial charge in [0.05, 0.1) is 37.4 Å². The number of hydrogen-bond donors (Lipinski definition) is 3. The van der Waals surface area contributed by atoms with Gasteiger partial charge in [0.1, 0.15) is 11.9 Å². The smallest absolute Gasteiger partial charge is 0.407 e. The molecule has 10 heteroatoms. The number of nitriles is 1. The zero-order valence-corrected chi connectivity index (χ0v) is 19.7. The van der Waals surface area contributed by atoms with Gasteiger partial charge in [0.2, 0.25) is 0 Å². The molecule has 0 saturated carbocycles. The van der Waals surface area contributed by atoms with Crippen molar-refractivity contribution in [1.29, 1.82) is 5.26 Å². The largest absolute Gasteiger partial charge is 0.496 e. The Balaban J connectivity index is 1.60. The van der Waals surface area contributed by atoms with Crippen molar-refractivity contribution in [2.24, 2.45) is 0 Å². The van der Waals surface area contributed by atoms with E-state index in [2.05, 4.69) is 20.9 Å². The van der Waals surface area contributed by atoms with Crippen LogP contribution < -0.4 is 20.7 Å². The number of nitrogens with one attached hydrogen (secondary N) is 3. The lowest BCUT2D eigenvalue weighted by atomic mass is 10.1. The number of amides is 3. The Labute approximate surface area is 203 Å². The lowest BCUT2D eigenvalue weighted by molar-refractivity contribution is 0.0950. The molecule has 10 nitrogen and oxygen atoms in total. The number of urea groups is 1. The number of ether oxygens (including phenoxy) is 2. The fourth-order valence-electron chi connectivity index (χ4n) is 3.32. The van der Waals surface area contributed by atoms with Crippen molar-refractivity contribution < 1.29 is 23.5 Å². The molecule has 0 spiro atoms. The van der Waals surface area contributed by atoms with Crippen LogP contribution in [0.3, 0.4) is 0 Å². The topological polar surface area (TPSA) is 139 Å². The van der Waals surface area contributed by atoms with Gasteiger partial charge in [0.15, 0.2) is 12.2 Å². The third kappa shape index (κ3) is 6.98. The number of carbonyl (C=O) groups is 2. The molecule has 0 fully saturated rings. The van der Waals surface area contributed by atoms with Gasteiger partial charge in [-0.3, -0.25) is 0 Å². The summed E-state index contributed by atoms with van der Waals surface area (Å²) in [5.74, 6) is 1.07. The van der Waals surface area contributed by atoms with Crippen molar-refractivity contribution >= 4 is 23.5 Å². The minimum absolute atomic E-state index is 0.140. The van der Waals surface area contributed by atoms with Gasteiger partial charge < -0.3 is 29.8 Å². The van der Waals surface area contributed by atoms with Crippen molar-refractivity contribution in [3.63, 3.8) is 0 Å². The molecule has 0 radical (unpaired) electrons. The second-order valence-electron chi connectivity index (χ2n) is 7.65. The minimum atomic E-state index is -0.599. The Morgan fingerprint density at radius 2 is 1.94 bits per heavy atom. The Hall–Kier alpha value is -4.52. The fourth-order valence-corrected chi connectivity index (χ4v) is 3.32. The molecule has 0 unspecified atom stereocenters. The van der Waals surface area contributed by atoms with Gasteiger partial charge in [0.25, 0.3) is 0 Å². The second kappa shape index (κ2) is 12.1. The number of anilines is 2. The molecule has 0 bridgehead atoms. The van der Waals surface area contributed by atoms with Gasteiger partial charge in [0, 0.05) is 17.4 Å². The van der Waals surface area contributed by atoms with Gasteiger partial charge in [-0.1, -0.05) is 19.1 Å². The first-order chi connectivity index (χ1) is 16.9. The van der Waals surface area contributed by atoms with Gasteiger partial charge in [-0.25, -0.2) is 14.6 Å². The Morgan fingerprint density at radius 3 is 2.60 bits per heavy atom. The summed E-state index contributed by atoms with van der Waals surface area (Å²) in [5.41, 5.74) is 2.55. The van der Waals surface area contributed by atoms with E-state index in [9.17, 15) is 9.59 Å². The van der Waals surface area contributed by atoms with E-state index in [0.29, 0.717) is 34.9 Å². The third-order valence-electron chi connectivity index (χ3n) is 5.18. The summed E-state index contributed by atoms with van der Waals surface area (Å²) in [6.07, 6.45) is 2.55. The van der Waals surface area contributed by atoms with Crippen LogP contribution >= 0.6 is 0 Å². The monoisotopic (exact) mass is 477 g/mol. The van der Waals surface area contributed by atoms with Crippen LogP contribution in [0.1, 0.15) is 38.3 Å². The molecular weight excluding hydrogens is 450 g/mol. The molecule has 2 aromatic carbocycles. The van der Waals surface area contributed by atoms with E-state index in [1.54, 1.807) is 49.5 Å². The van der Waals surface area contributed by atoms with Crippen LogP contribution in [0.2, 0.25) is 0 Å². The molecule has 182 valence electrons. The number of benzene rings is 2. The summed E-state index contributed by atoms with van der Waals surface area (Å²) in [6, 6.07) is 13.4. The van der Waals surface area contributed by atoms with Crippen molar-refractivity contribution in [2.45, 2.75) is 38.8 Å². The highest BCUT2D eigenvalue weighted by Crippen LogP contribution is 2.32. The van der Waals surface area contributed by atoms with E-state index in [0.717, 1.165) is 5.56 Å². The van der Waals surface area contributed by atoms with Gasteiger partial charge in [-0.05, 0) is 43.2 Å². The number of alkyl carbamates (subject to hydrolysis) is 1. The highest BCUT2D eigenvalue weighted by molar-refractivity contribution is 6.00. The van der Waals surface area contributed by atoms with E-state index >= 15 is 0 Å². The first-order valence-corrected chi connectivity index (χ1v) is 11.0. The lowest BCUT2D eigenvalue weighted by Crippen LogP contribution is -2.31. The van der Waals surface area contributed by atoms with E-state index in [-0.39, 0.29) is 12.5 Å². The number of aromatic nitrogens is 1. The number of rotatable bonds is 9. The molecule has 1 aromatic heterocycles. The molecule has 0 aliphatic carbocycles. The van der Waals surface area contributed by atoms with Crippen LogP contribution in [-0.2, 0) is 4.74 Å². The predicted octanol–water partition coefficient (Wildman–Crippen LogP) is 5.47. The maximum Gasteiger partial charge on any atom is 0.407 e. The molecule has 0 aliphatic rings. The molecule has 0 saturated heterocycles. The second-order valence-corrected chi connectivity index (χ2v) is 7.65. The highest BCUT2D eigenvalue weighted by Gasteiger charge is 2.16. The summed E-state index contributed by atoms with van der Waals surface area (Å²) in [5, 5.41) is 17.1. The summed E-state index contributed by atoms with van der Waals surface area (Å²) in [6.45, 7) is 3.65. The Kier molecular flexibility index (Phi) is 8.67. The van der Waals surface area contributed by atoms with Gasteiger partial charge in [-0.2, -0.15) is 5.26 Å². The summed E-state index contributed by atoms with van der Waals surface area (Å²) < 4.78 is 16.0. The van der Waals surface area contributed by atoms with Crippen molar-refractivity contribution in [2.75, 3.05) is 17.7 Å². The van der Waals surface area contributed by atoms with Crippen LogP contribution in [0.5, 0.6) is 5.75 Å². The average molecular weight is 478 g/mol. The number of methoxy groups -OCH3 is 1. The number of hydrogen-bond acceptors (Lipinski definition) is 7. The average Bonchev–Trinajstić information content (AvgIpc) is 3.38. The first kappa shape index (κ1) is 25.1. The van der Waals surface area contributed by atoms with Crippen LogP contribution in [0.4, 0.5) is 21.0 Å². The fraction of sp³-hybridized carbons (Fsp3) is 0.280. The zero-order chi connectivity index (χ0) is 25.2. The molecule has 3 rings (SSSR count). The van der Waals surface area contributed by atoms with E-state index < -0.39 is 18.2 Å². The maximum absolute atomic E-state index is 12.6. The van der Waals surface area contributed by atoms with E-state index in [1.807, 2.05) is 19.1 Å². The van der Waals surface area contributed by atoms with Crippen molar-refractivity contribution in [3.05, 3.63) is 60.6 Å². The highest BCUT2D eigenvalue weighted by atomic mass is 16.6. The van der Waals surface area contributed by atoms with E-state index in [4.69, 9.17) is 19.2 Å². The first-order valence-electron chi connectivity index (χ1n) is 11.0. The number of carbonyl (C=O) groups excluding carboxylic acids is 2. The van der Waals surface area contributed by atoms with E-state index in [1.165, 1.54) is 13.5 Å².